The van der Waals surface area contributed by atoms with Gasteiger partial charge in [0.1, 0.15) is 17.5 Å². The standard InChI is InChI=1S/C15H8ClF3N2/c16-9-4-5-13(12(19)6-9)21-8-20-7-14(21)15-10(17)2-1-3-11(15)18/h1-8H. The number of imidazole rings is 1. The summed E-state index contributed by atoms with van der Waals surface area (Å²) in [6, 6.07) is 7.56. The molecule has 0 amide bonds. The summed E-state index contributed by atoms with van der Waals surface area (Å²) in [5.41, 5.74) is -0.0364. The average Bonchev–Trinajstić information content (AvgIpc) is 2.87. The summed E-state index contributed by atoms with van der Waals surface area (Å²) in [6.07, 6.45) is 2.56. The molecule has 0 radical (unpaired) electrons. The molecule has 0 saturated carbocycles. The molecule has 0 aliphatic rings. The number of halogens is 4. The van der Waals surface area contributed by atoms with Crippen molar-refractivity contribution in [1.82, 2.24) is 9.55 Å². The Hall–Kier alpha value is -2.27. The Kier molecular flexibility index (Phi) is 3.43. The van der Waals surface area contributed by atoms with Gasteiger partial charge >= 0.3 is 0 Å². The Balaban J connectivity index is 2.22. The maximum atomic E-state index is 14.0. The molecule has 2 aromatic carbocycles. The predicted octanol–water partition coefficient (Wildman–Crippen LogP) is 4.61. The van der Waals surface area contributed by atoms with Gasteiger partial charge in [-0.3, -0.25) is 4.57 Å². The molecule has 1 heterocycles. The molecule has 0 saturated heterocycles. The zero-order chi connectivity index (χ0) is 15.0. The van der Waals surface area contributed by atoms with Crippen LogP contribution in [0.1, 0.15) is 0 Å². The van der Waals surface area contributed by atoms with E-state index >= 15 is 0 Å². The number of aromatic nitrogens is 2. The molecular formula is C15H8ClF3N2. The van der Waals surface area contributed by atoms with E-state index in [4.69, 9.17) is 11.6 Å². The second kappa shape index (κ2) is 5.26. The van der Waals surface area contributed by atoms with Crippen LogP contribution in [-0.2, 0) is 0 Å². The highest BCUT2D eigenvalue weighted by Gasteiger charge is 2.17. The number of nitrogens with zero attached hydrogens (tertiary/aromatic N) is 2. The summed E-state index contributed by atoms with van der Waals surface area (Å²) in [7, 11) is 0. The number of benzene rings is 2. The molecule has 0 spiro atoms. The van der Waals surface area contributed by atoms with Gasteiger partial charge in [-0.25, -0.2) is 18.2 Å². The van der Waals surface area contributed by atoms with Crippen LogP contribution >= 0.6 is 11.6 Å². The van der Waals surface area contributed by atoms with Crippen molar-refractivity contribution in [1.29, 1.82) is 0 Å². The first-order chi connectivity index (χ1) is 10.1. The average molecular weight is 309 g/mol. The van der Waals surface area contributed by atoms with E-state index in [1.165, 1.54) is 35.3 Å². The SMILES string of the molecule is Fc1cc(Cl)ccc1-n1cncc1-c1c(F)cccc1F. The Labute approximate surface area is 123 Å². The highest BCUT2D eigenvalue weighted by atomic mass is 35.5. The fourth-order valence-corrected chi connectivity index (χ4v) is 2.25. The van der Waals surface area contributed by atoms with Crippen molar-refractivity contribution in [3.05, 3.63) is 71.4 Å². The van der Waals surface area contributed by atoms with E-state index in [2.05, 4.69) is 4.98 Å². The molecule has 0 aliphatic carbocycles. The number of hydrogen-bond donors (Lipinski definition) is 0. The molecule has 1 aromatic heterocycles. The fraction of sp³-hybridized carbons (Fsp3) is 0. The summed E-state index contributed by atoms with van der Waals surface area (Å²) in [6.45, 7) is 0. The van der Waals surface area contributed by atoms with E-state index in [1.807, 2.05) is 0 Å². The van der Waals surface area contributed by atoms with Crippen LogP contribution in [0.3, 0.4) is 0 Å². The zero-order valence-corrected chi connectivity index (χ0v) is 11.3. The van der Waals surface area contributed by atoms with Crippen molar-refractivity contribution in [2.75, 3.05) is 0 Å². The quantitative estimate of drug-likeness (QED) is 0.676. The molecule has 0 fully saturated rings. The van der Waals surface area contributed by atoms with Crippen molar-refractivity contribution in [3.8, 4) is 16.9 Å². The van der Waals surface area contributed by atoms with Gasteiger partial charge in [-0.1, -0.05) is 17.7 Å². The molecule has 0 bridgehead atoms. The zero-order valence-electron chi connectivity index (χ0n) is 10.5. The summed E-state index contributed by atoms with van der Waals surface area (Å²) in [5.74, 6) is -2.10. The van der Waals surface area contributed by atoms with E-state index in [0.29, 0.717) is 0 Å². The van der Waals surface area contributed by atoms with Gasteiger partial charge in [-0.05, 0) is 30.3 Å². The highest BCUT2D eigenvalue weighted by molar-refractivity contribution is 6.30. The van der Waals surface area contributed by atoms with Gasteiger partial charge in [0.05, 0.1) is 29.5 Å². The normalized spacial score (nSPS) is 10.9. The Bertz CT molecular complexity index is 794. The molecule has 0 unspecified atom stereocenters. The van der Waals surface area contributed by atoms with Gasteiger partial charge in [0.25, 0.3) is 0 Å². The van der Waals surface area contributed by atoms with E-state index in [9.17, 15) is 13.2 Å². The van der Waals surface area contributed by atoms with Crippen LogP contribution in [0.5, 0.6) is 0 Å². The topological polar surface area (TPSA) is 17.8 Å². The van der Waals surface area contributed by atoms with Gasteiger partial charge in [-0.15, -0.1) is 0 Å². The van der Waals surface area contributed by atoms with Gasteiger partial charge < -0.3 is 0 Å². The van der Waals surface area contributed by atoms with Crippen molar-refractivity contribution < 1.29 is 13.2 Å². The van der Waals surface area contributed by atoms with Crippen LogP contribution in [0.4, 0.5) is 13.2 Å². The molecule has 3 rings (SSSR count). The van der Waals surface area contributed by atoms with Crippen LogP contribution < -0.4 is 0 Å². The summed E-state index contributed by atoms with van der Waals surface area (Å²) < 4.78 is 43.0. The van der Waals surface area contributed by atoms with Crippen LogP contribution in [0, 0.1) is 17.5 Å². The lowest BCUT2D eigenvalue weighted by molar-refractivity contribution is 0.586. The first-order valence-corrected chi connectivity index (χ1v) is 6.38. The van der Waals surface area contributed by atoms with E-state index in [0.717, 1.165) is 18.2 Å². The lowest BCUT2D eigenvalue weighted by Gasteiger charge is -2.11. The maximum absolute atomic E-state index is 14.0. The molecule has 6 heteroatoms. The molecule has 0 N–H and O–H groups in total. The second-order valence-electron chi connectivity index (χ2n) is 4.34. The first-order valence-electron chi connectivity index (χ1n) is 6.00. The van der Waals surface area contributed by atoms with Crippen molar-refractivity contribution in [3.63, 3.8) is 0 Å². The smallest absolute Gasteiger partial charge is 0.148 e. The Morgan fingerprint density at radius 2 is 1.67 bits per heavy atom. The monoisotopic (exact) mass is 308 g/mol. The summed E-state index contributed by atoms with van der Waals surface area (Å²) in [5, 5.41) is 0.231. The van der Waals surface area contributed by atoms with E-state index < -0.39 is 17.5 Å². The third-order valence-electron chi connectivity index (χ3n) is 3.03. The second-order valence-corrected chi connectivity index (χ2v) is 4.78. The Morgan fingerprint density at radius 1 is 0.952 bits per heavy atom. The van der Waals surface area contributed by atoms with Gasteiger partial charge in [0.15, 0.2) is 0 Å². The minimum Gasteiger partial charge on any atom is -0.296 e. The van der Waals surface area contributed by atoms with Gasteiger partial charge in [-0.2, -0.15) is 0 Å². The predicted molar refractivity (Wildman–Crippen MR) is 73.9 cm³/mol. The minimum atomic E-state index is -0.744. The highest BCUT2D eigenvalue weighted by Crippen LogP contribution is 2.29. The van der Waals surface area contributed by atoms with Crippen molar-refractivity contribution in [2.45, 2.75) is 0 Å². The van der Waals surface area contributed by atoms with Crippen LogP contribution in [0.2, 0.25) is 5.02 Å². The molecule has 3 aromatic rings. The third kappa shape index (κ3) is 2.40. The van der Waals surface area contributed by atoms with Crippen LogP contribution in [0.15, 0.2) is 48.9 Å². The van der Waals surface area contributed by atoms with E-state index in [-0.39, 0.29) is 22.0 Å². The largest absolute Gasteiger partial charge is 0.296 e. The molecule has 0 aliphatic heterocycles. The lowest BCUT2D eigenvalue weighted by atomic mass is 10.1. The molecule has 0 atom stereocenters. The van der Waals surface area contributed by atoms with E-state index in [1.54, 1.807) is 0 Å². The molecular weight excluding hydrogens is 301 g/mol. The minimum absolute atomic E-state index is 0.106. The first kappa shape index (κ1) is 13.7. The molecule has 21 heavy (non-hydrogen) atoms. The lowest BCUT2D eigenvalue weighted by Crippen LogP contribution is -2.01. The third-order valence-corrected chi connectivity index (χ3v) is 3.26. The summed E-state index contributed by atoms with van der Waals surface area (Å²) >= 11 is 5.70. The van der Waals surface area contributed by atoms with Crippen LogP contribution in [0.25, 0.3) is 16.9 Å². The number of rotatable bonds is 2. The molecule has 106 valence electrons. The molecule has 2 nitrogen and oxygen atoms in total. The van der Waals surface area contributed by atoms with Gasteiger partial charge in [0.2, 0.25) is 0 Å². The van der Waals surface area contributed by atoms with Crippen molar-refractivity contribution >= 4 is 11.6 Å². The maximum Gasteiger partial charge on any atom is 0.148 e. The summed E-state index contributed by atoms with van der Waals surface area (Å²) in [4.78, 5) is 3.85. The van der Waals surface area contributed by atoms with Crippen LogP contribution in [-0.4, -0.2) is 9.55 Å². The number of hydrogen-bond acceptors (Lipinski definition) is 1. The van der Waals surface area contributed by atoms with Crippen molar-refractivity contribution in [2.24, 2.45) is 0 Å². The Morgan fingerprint density at radius 3 is 2.33 bits per heavy atom. The van der Waals surface area contributed by atoms with Gasteiger partial charge in [0, 0.05) is 5.02 Å². The fourth-order valence-electron chi connectivity index (χ4n) is 2.09.